The molecule has 2 heterocycles. The Hall–Kier alpha value is -2.12. The van der Waals surface area contributed by atoms with Crippen LogP contribution in [0.1, 0.15) is 24.8 Å². The molecule has 1 atom stereocenters. The zero-order valence-corrected chi connectivity index (χ0v) is 11.4. The number of anilines is 1. The van der Waals surface area contributed by atoms with Gasteiger partial charge in [-0.25, -0.2) is 4.98 Å². The number of nitriles is 1. The van der Waals surface area contributed by atoms with Crippen LogP contribution in [0.25, 0.3) is 10.9 Å². The van der Waals surface area contributed by atoms with Crippen LogP contribution >= 0.6 is 0 Å². The molecule has 2 N–H and O–H groups in total. The van der Waals surface area contributed by atoms with Gasteiger partial charge >= 0.3 is 0 Å². The maximum Gasteiger partial charge on any atom is 0.144 e. The lowest BCUT2D eigenvalue weighted by molar-refractivity contribution is 0.574. The molecule has 1 aliphatic heterocycles. The van der Waals surface area contributed by atoms with Crippen molar-refractivity contribution in [1.29, 1.82) is 5.26 Å². The van der Waals surface area contributed by atoms with Gasteiger partial charge in [-0.1, -0.05) is 18.2 Å². The summed E-state index contributed by atoms with van der Waals surface area (Å²) in [7, 11) is 0. The molecular formula is C16H18N4. The summed E-state index contributed by atoms with van der Waals surface area (Å²) in [4.78, 5) is 4.56. The first-order valence-corrected chi connectivity index (χ1v) is 7.14. The number of pyridine rings is 1. The molecule has 0 amide bonds. The maximum absolute atomic E-state index is 9.25. The fourth-order valence-corrected chi connectivity index (χ4v) is 2.70. The fraction of sp³-hybridized carbons (Fsp3) is 0.375. The SMILES string of the molecule is N#Cc1cc2ccccc2nc1NCC[C@@H]1CCCN1. The Bertz CT molecular complexity index is 638. The van der Waals surface area contributed by atoms with Crippen molar-refractivity contribution in [3.05, 3.63) is 35.9 Å². The van der Waals surface area contributed by atoms with Crippen LogP contribution in [0.3, 0.4) is 0 Å². The second-order valence-corrected chi connectivity index (χ2v) is 5.20. The lowest BCUT2D eigenvalue weighted by Gasteiger charge is -2.12. The minimum absolute atomic E-state index is 0.605. The highest BCUT2D eigenvalue weighted by atomic mass is 15.0. The Morgan fingerprint density at radius 1 is 1.40 bits per heavy atom. The van der Waals surface area contributed by atoms with Crippen LogP contribution in [-0.4, -0.2) is 24.1 Å². The highest BCUT2D eigenvalue weighted by molar-refractivity contribution is 5.82. The van der Waals surface area contributed by atoms with E-state index < -0.39 is 0 Å². The van der Waals surface area contributed by atoms with Gasteiger partial charge in [0, 0.05) is 18.0 Å². The average Bonchev–Trinajstić information content (AvgIpc) is 3.00. The average molecular weight is 266 g/mol. The maximum atomic E-state index is 9.25. The van der Waals surface area contributed by atoms with Gasteiger partial charge in [0.15, 0.2) is 0 Å². The van der Waals surface area contributed by atoms with Gasteiger partial charge in [-0.05, 0) is 37.9 Å². The second kappa shape index (κ2) is 5.89. The van der Waals surface area contributed by atoms with Crippen LogP contribution in [0, 0.1) is 11.3 Å². The molecule has 0 saturated carbocycles. The Labute approximate surface area is 118 Å². The highest BCUT2D eigenvalue weighted by Gasteiger charge is 2.13. The fourth-order valence-electron chi connectivity index (χ4n) is 2.70. The van der Waals surface area contributed by atoms with Crippen LogP contribution < -0.4 is 10.6 Å². The number of para-hydroxylation sites is 1. The number of hydrogen-bond donors (Lipinski definition) is 2. The molecule has 2 aromatic rings. The highest BCUT2D eigenvalue weighted by Crippen LogP contribution is 2.20. The summed E-state index contributed by atoms with van der Waals surface area (Å²) in [5.74, 6) is 0.698. The van der Waals surface area contributed by atoms with Crippen molar-refractivity contribution in [3.8, 4) is 6.07 Å². The van der Waals surface area contributed by atoms with Gasteiger partial charge in [-0.2, -0.15) is 5.26 Å². The normalized spacial score (nSPS) is 18.1. The number of hydrogen-bond acceptors (Lipinski definition) is 4. The molecule has 0 unspecified atom stereocenters. The Morgan fingerprint density at radius 3 is 3.10 bits per heavy atom. The molecule has 1 aliphatic rings. The smallest absolute Gasteiger partial charge is 0.144 e. The molecule has 102 valence electrons. The summed E-state index contributed by atoms with van der Waals surface area (Å²) in [6.45, 7) is 1.97. The van der Waals surface area contributed by atoms with E-state index in [1.165, 1.54) is 12.8 Å². The molecule has 0 aliphatic carbocycles. The lowest BCUT2D eigenvalue weighted by Crippen LogP contribution is -2.24. The van der Waals surface area contributed by atoms with E-state index in [0.29, 0.717) is 17.4 Å². The number of rotatable bonds is 4. The van der Waals surface area contributed by atoms with Gasteiger partial charge in [0.2, 0.25) is 0 Å². The van der Waals surface area contributed by atoms with Gasteiger partial charge < -0.3 is 10.6 Å². The largest absolute Gasteiger partial charge is 0.369 e. The number of aromatic nitrogens is 1. The van der Waals surface area contributed by atoms with Gasteiger partial charge in [0.05, 0.1) is 11.1 Å². The molecule has 1 saturated heterocycles. The number of nitrogens with zero attached hydrogens (tertiary/aromatic N) is 2. The molecule has 0 spiro atoms. The molecular weight excluding hydrogens is 248 g/mol. The molecule has 20 heavy (non-hydrogen) atoms. The molecule has 4 nitrogen and oxygen atoms in total. The predicted octanol–water partition coefficient (Wildman–Crippen LogP) is 2.66. The summed E-state index contributed by atoms with van der Waals surface area (Å²) in [6, 6.07) is 12.6. The van der Waals surface area contributed by atoms with Crippen molar-refractivity contribution < 1.29 is 0 Å². The standard InChI is InChI=1S/C16H18N4/c17-11-13-10-12-4-1-2-6-15(12)20-16(13)19-9-7-14-5-3-8-18-14/h1-2,4,6,10,14,18H,3,5,7-9H2,(H,19,20)/t14-/m0/s1. The predicted molar refractivity (Wildman–Crippen MR) is 80.6 cm³/mol. The first kappa shape index (κ1) is 12.9. The second-order valence-electron chi connectivity index (χ2n) is 5.20. The van der Waals surface area contributed by atoms with Crippen LogP contribution in [-0.2, 0) is 0 Å². The molecule has 0 bridgehead atoms. The van der Waals surface area contributed by atoms with Gasteiger partial charge in [-0.3, -0.25) is 0 Å². The van der Waals surface area contributed by atoms with E-state index in [9.17, 15) is 5.26 Å². The van der Waals surface area contributed by atoms with Gasteiger partial charge in [0.25, 0.3) is 0 Å². The zero-order valence-electron chi connectivity index (χ0n) is 11.4. The van der Waals surface area contributed by atoms with Crippen molar-refractivity contribution >= 4 is 16.7 Å². The van der Waals surface area contributed by atoms with E-state index in [4.69, 9.17) is 0 Å². The summed E-state index contributed by atoms with van der Waals surface area (Å²) < 4.78 is 0. The van der Waals surface area contributed by atoms with E-state index >= 15 is 0 Å². The van der Waals surface area contributed by atoms with E-state index in [2.05, 4.69) is 21.7 Å². The molecule has 1 fully saturated rings. The molecule has 1 aromatic carbocycles. The van der Waals surface area contributed by atoms with Crippen molar-refractivity contribution in [2.24, 2.45) is 0 Å². The third-order valence-corrected chi connectivity index (χ3v) is 3.79. The third kappa shape index (κ3) is 2.73. The summed E-state index contributed by atoms with van der Waals surface area (Å²) in [5, 5.41) is 17.0. The monoisotopic (exact) mass is 266 g/mol. The number of fused-ring (bicyclic) bond motifs is 1. The first-order valence-electron chi connectivity index (χ1n) is 7.14. The zero-order chi connectivity index (χ0) is 13.8. The van der Waals surface area contributed by atoms with E-state index in [-0.39, 0.29) is 0 Å². The quantitative estimate of drug-likeness (QED) is 0.893. The Kier molecular flexibility index (Phi) is 3.80. The number of benzene rings is 1. The molecule has 0 radical (unpaired) electrons. The van der Waals surface area contributed by atoms with Gasteiger partial charge in [-0.15, -0.1) is 0 Å². The number of nitrogens with one attached hydrogen (secondary N) is 2. The first-order chi connectivity index (χ1) is 9.86. The third-order valence-electron chi connectivity index (χ3n) is 3.79. The van der Waals surface area contributed by atoms with Crippen LogP contribution in [0.4, 0.5) is 5.82 Å². The van der Waals surface area contributed by atoms with Crippen molar-refractivity contribution in [3.63, 3.8) is 0 Å². The minimum Gasteiger partial charge on any atom is -0.369 e. The van der Waals surface area contributed by atoms with Crippen LogP contribution in [0.15, 0.2) is 30.3 Å². The van der Waals surface area contributed by atoms with Gasteiger partial charge in [0.1, 0.15) is 11.9 Å². The Morgan fingerprint density at radius 2 is 2.30 bits per heavy atom. The summed E-state index contributed by atoms with van der Waals surface area (Å²) in [6.07, 6.45) is 3.58. The summed E-state index contributed by atoms with van der Waals surface area (Å²) >= 11 is 0. The summed E-state index contributed by atoms with van der Waals surface area (Å²) in [5.41, 5.74) is 1.54. The van der Waals surface area contributed by atoms with Crippen LogP contribution in [0.2, 0.25) is 0 Å². The molecule has 1 aromatic heterocycles. The molecule has 3 rings (SSSR count). The topological polar surface area (TPSA) is 60.7 Å². The van der Waals surface area contributed by atoms with Crippen LogP contribution in [0.5, 0.6) is 0 Å². The Balaban J connectivity index is 1.74. The van der Waals surface area contributed by atoms with E-state index in [0.717, 1.165) is 30.4 Å². The van der Waals surface area contributed by atoms with Crippen molar-refractivity contribution in [1.82, 2.24) is 10.3 Å². The van der Waals surface area contributed by atoms with E-state index in [1.807, 2.05) is 30.3 Å². The van der Waals surface area contributed by atoms with Crippen molar-refractivity contribution in [2.45, 2.75) is 25.3 Å². The van der Waals surface area contributed by atoms with Crippen molar-refractivity contribution in [2.75, 3.05) is 18.4 Å². The lowest BCUT2D eigenvalue weighted by atomic mass is 10.1. The minimum atomic E-state index is 0.605. The van der Waals surface area contributed by atoms with E-state index in [1.54, 1.807) is 0 Å². The molecule has 4 heteroatoms.